The van der Waals surface area contributed by atoms with Gasteiger partial charge < -0.3 is 0 Å². The summed E-state index contributed by atoms with van der Waals surface area (Å²) in [7, 11) is 0. The van der Waals surface area contributed by atoms with E-state index in [4.69, 9.17) is 5.26 Å². The van der Waals surface area contributed by atoms with Crippen molar-refractivity contribution in [3.05, 3.63) is 70.2 Å². The van der Waals surface area contributed by atoms with Gasteiger partial charge in [0.25, 0.3) is 0 Å². The van der Waals surface area contributed by atoms with Crippen LogP contribution in [0.15, 0.2) is 53.4 Å². The Kier molecular flexibility index (Phi) is 5.13. The second kappa shape index (κ2) is 7.87. The zero-order valence-corrected chi connectivity index (χ0v) is 17.2. The number of aromatic nitrogens is 3. The van der Waals surface area contributed by atoms with Gasteiger partial charge in [-0.2, -0.15) is 0 Å². The monoisotopic (exact) mass is 451 g/mol. The Morgan fingerprint density at radius 2 is 2.00 bits per heavy atom. The van der Waals surface area contributed by atoms with Crippen molar-refractivity contribution in [1.29, 1.82) is 5.26 Å². The molecule has 0 saturated heterocycles. The Morgan fingerprint density at radius 1 is 1.18 bits per heavy atom. The second-order valence-electron chi connectivity index (χ2n) is 5.94. The topological polar surface area (TPSA) is 91.6 Å². The van der Waals surface area contributed by atoms with Crippen molar-refractivity contribution in [3.8, 4) is 27.3 Å². The first kappa shape index (κ1) is 18.3. The quantitative estimate of drug-likeness (QED) is 0.478. The Morgan fingerprint density at radius 3 is 2.71 bits per heavy atom. The molecule has 0 spiro atoms. The standard InChI is InChI=1S/C20H13N5OSSe/c1-12-8-16(15-6-7-27-11-15)17(10-22-12)18(26)23-20-25-24-19(28-20)14-4-2-13(9-21)3-5-14/h2-8,10-11H,1H3,(H,23,25,26). The number of nitriles is 1. The van der Waals surface area contributed by atoms with Crippen molar-refractivity contribution in [2.24, 2.45) is 0 Å². The van der Waals surface area contributed by atoms with Crippen molar-refractivity contribution in [3.63, 3.8) is 0 Å². The molecule has 1 amide bonds. The number of thiophene rings is 1. The first-order chi connectivity index (χ1) is 13.6. The molecule has 0 fully saturated rings. The summed E-state index contributed by atoms with van der Waals surface area (Å²) < 4.78 is 1.36. The van der Waals surface area contributed by atoms with Crippen LogP contribution in [-0.2, 0) is 0 Å². The molecule has 28 heavy (non-hydrogen) atoms. The average molecular weight is 450 g/mol. The molecular formula is C20H13N5OSSe. The van der Waals surface area contributed by atoms with E-state index < -0.39 is 0 Å². The van der Waals surface area contributed by atoms with E-state index >= 15 is 0 Å². The van der Waals surface area contributed by atoms with Gasteiger partial charge >= 0.3 is 171 Å². The first-order valence-electron chi connectivity index (χ1n) is 8.28. The number of aryl methyl sites for hydroxylation is 1. The number of nitrogens with zero attached hydrogens (tertiary/aromatic N) is 4. The number of benzene rings is 1. The minimum atomic E-state index is -0.245. The van der Waals surface area contributed by atoms with E-state index in [9.17, 15) is 4.79 Å². The van der Waals surface area contributed by atoms with Gasteiger partial charge in [0.15, 0.2) is 0 Å². The van der Waals surface area contributed by atoms with Crippen LogP contribution in [0.1, 0.15) is 21.6 Å². The van der Waals surface area contributed by atoms with Crippen molar-refractivity contribution < 1.29 is 4.79 Å². The van der Waals surface area contributed by atoms with Gasteiger partial charge in [-0.1, -0.05) is 0 Å². The van der Waals surface area contributed by atoms with Gasteiger partial charge in [0, 0.05) is 0 Å². The molecule has 1 aromatic carbocycles. The van der Waals surface area contributed by atoms with Crippen molar-refractivity contribution >= 4 is 36.4 Å². The van der Waals surface area contributed by atoms with Gasteiger partial charge in [-0.25, -0.2) is 0 Å². The average Bonchev–Trinajstić information content (AvgIpc) is 3.40. The summed E-state index contributed by atoms with van der Waals surface area (Å²) in [6.07, 6.45) is 1.60. The molecule has 136 valence electrons. The van der Waals surface area contributed by atoms with E-state index in [1.54, 1.807) is 29.7 Å². The van der Waals surface area contributed by atoms with Gasteiger partial charge in [0.1, 0.15) is 0 Å². The molecule has 3 heterocycles. The zero-order valence-electron chi connectivity index (χ0n) is 14.7. The van der Waals surface area contributed by atoms with Crippen molar-refractivity contribution in [1.82, 2.24) is 15.2 Å². The molecule has 0 aliphatic rings. The van der Waals surface area contributed by atoms with Gasteiger partial charge in [0.05, 0.1) is 0 Å². The summed E-state index contributed by atoms with van der Waals surface area (Å²) in [6, 6.07) is 13.2. The Balaban J connectivity index is 1.58. The second-order valence-corrected chi connectivity index (χ2v) is 8.77. The van der Waals surface area contributed by atoms with Crippen LogP contribution in [0.2, 0.25) is 0 Å². The van der Waals surface area contributed by atoms with E-state index in [0.717, 1.165) is 27.0 Å². The van der Waals surface area contributed by atoms with Crippen molar-refractivity contribution in [2.45, 2.75) is 6.92 Å². The Hall–Kier alpha value is -3.11. The fourth-order valence-electron chi connectivity index (χ4n) is 2.64. The fourth-order valence-corrected chi connectivity index (χ4v) is 4.86. The van der Waals surface area contributed by atoms with Gasteiger partial charge in [-0.05, 0) is 0 Å². The summed E-state index contributed by atoms with van der Waals surface area (Å²) in [5.41, 5.74) is 4.71. The van der Waals surface area contributed by atoms with E-state index in [0.29, 0.717) is 15.8 Å². The first-order valence-corrected chi connectivity index (χ1v) is 10.9. The minimum absolute atomic E-state index is 0.218. The summed E-state index contributed by atoms with van der Waals surface area (Å²) in [4.78, 5) is 17.1. The SMILES string of the molecule is Cc1cc(-c2ccsc2)c(C(=O)Nc2nnc(-c3ccc(C#N)cc3)[se]2)cn1. The molecule has 8 heteroatoms. The number of carbonyl (C=O) groups excluding carboxylic acids is 1. The number of hydrogen-bond acceptors (Lipinski definition) is 6. The number of amides is 1. The number of hydrogen-bond donors (Lipinski definition) is 1. The molecule has 4 rings (SSSR count). The Bertz CT molecular complexity index is 1180. The Labute approximate surface area is 171 Å². The van der Waals surface area contributed by atoms with E-state index in [2.05, 4.69) is 26.6 Å². The van der Waals surface area contributed by atoms with Gasteiger partial charge in [-0.15, -0.1) is 0 Å². The summed E-state index contributed by atoms with van der Waals surface area (Å²) in [6.45, 7) is 1.90. The molecule has 0 aliphatic carbocycles. The van der Waals surface area contributed by atoms with Crippen LogP contribution in [0.3, 0.4) is 0 Å². The maximum absolute atomic E-state index is 12.8. The van der Waals surface area contributed by atoms with Crippen LogP contribution in [-0.4, -0.2) is 35.6 Å². The predicted octanol–water partition coefficient (Wildman–Crippen LogP) is 3.76. The molecule has 0 atom stereocenters. The van der Waals surface area contributed by atoms with Crippen LogP contribution >= 0.6 is 11.3 Å². The van der Waals surface area contributed by atoms with Crippen LogP contribution in [0, 0.1) is 18.3 Å². The molecule has 6 nitrogen and oxygen atoms in total. The van der Waals surface area contributed by atoms with Gasteiger partial charge in [0.2, 0.25) is 0 Å². The maximum atomic E-state index is 12.8. The number of rotatable bonds is 4. The van der Waals surface area contributed by atoms with Crippen LogP contribution in [0.4, 0.5) is 4.69 Å². The molecule has 4 aromatic rings. The summed E-state index contributed by atoms with van der Waals surface area (Å²) in [5.74, 6) is -0.245. The third-order valence-corrected chi connectivity index (χ3v) is 6.57. The molecule has 0 unspecified atom stereocenters. The van der Waals surface area contributed by atoms with Crippen LogP contribution in [0.5, 0.6) is 0 Å². The van der Waals surface area contributed by atoms with Crippen LogP contribution < -0.4 is 5.32 Å². The number of nitrogens with one attached hydrogen (secondary N) is 1. The molecule has 1 N–H and O–H groups in total. The third-order valence-electron chi connectivity index (χ3n) is 4.02. The predicted molar refractivity (Wildman–Crippen MR) is 109 cm³/mol. The number of pyridine rings is 1. The molecule has 0 aliphatic heterocycles. The number of anilines is 1. The normalized spacial score (nSPS) is 10.4. The summed E-state index contributed by atoms with van der Waals surface area (Å²) in [5, 5.41) is 24.1. The fraction of sp³-hybridized carbons (Fsp3) is 0.0500. The molecule has 0 saturated carbocycles. The third kappa shape index (κ3) is 3.78. The molecular weight excluding hydrogens is 437 g/mol. The summed E-state index contributed by atoms with van der Waals surface area (Å²) >= 11 is 1.37. The van der Waals surface area contributed by atoms with E-state index in [1.165, 1.54) is 0 Å². The van der Waals surface area contributed by atoms with Crippen molar-refractivity contribution in [2.75, 3.05) is 5.32 Å². The zero-order chi connectivity index (χ0) is 19.5. The van der Waals surface area contributed by atoms with Gasteiger partial charge in [-0.3, -0.25) is 0 Å². The van der Waals surface area contributed by atoms with Crippen LogP contribution in [0.25, 0.3) is 21.3 Å². The molecule has 0 radical (unpaired) electrons. The molecule has 3 aromatic heterocycles. The van der Waals surface area contributed by atoms with E-state index in [-0.39, 0.29) is 20.4 Å². The van der Waals surface area contributed by atoms with E-state index in [1.807, 2.05) is 41.9 Å². The number of carbonyl (C=O) groups is 1. The molecule has 0 bridgehead atoms.